The summed E-state index contributed by atoms with van der Waals surface area (Å²) in [5.41, 5.74) is 1.21. The molecule has 0 aromatic heterocycles. The minimum absolute atomic E-state index is 0.227. The standard InChI is InChI=1S/C18H14F4N2S/c1-11-16(23-10-13-4-2-3-5-15(13)19)25-17(24-11)12-6-8-14(9-7-12)18(20,21)22/h2-10,17,24H,1H3. The van der Waals surface area contributed by atoms with Gasteiger partial charge in [0.05, 0.1) is 5.56 Å². The lowest BCUT2D eigenvalue weighted by Gasteiger charge is -2.13. The molecule has 1 N–H and O–H groups in total. The molecule has 1 atom stereocenters. The third-order valence-electron chi connectivity index (χ3n) is 3.66. The molecule has 0 saturated heterocycles. The van der Waals surface area contributed by atoms with Crippen molar-refractivity contribution in [1.82, 2.24) is 5.32 Å². The van der Waals surface area contributed by atoms with Crippen molar-refractivity contribution < 1.29 is 17.6 Å². The van der Waals surface area contributed by atoms with Crippen LogP contribution in [0.15, 0.2) is 64.2 Å². The van der Waals surface area contributed by atoms with Crippen molar-refractivity contribution in [3.05, 3.63) is 81.8 Å². The number of aliphatic imine (C=N–C) groups is 1. The fraction of sp³-hybridized carbons (Fsp3) is 0.167. The van der Waals surface area contributed by atoms with Crippen LogP contribution in [0.1, 0.15) is 29.0 Å². The Labute approximate surface area is 146 Å². The molecule has 7 heteroatoms. The van der Waals surface area contributed by atoms with Gasteiger partial charge in [-0.1, -0.05) is 42.1 Å². The third kappa shape index (κ3) is 4.04. The van der Waals surface area contributed by atoms with Crippen molar-refractivity contribution in [2.45, 2.75) is 18.5 Å². The number of hydrogen-bond donors (Lipinski definition) is 1. The van der Waals surface area contributed by atoms with Crippen LogP contribution in [-0.4, -0.2) is 6.21 Å². The molecule has 0 aliphatic carbocycles. The second-order valence-electron chi connectivity index (χ2n) is 5.47. The molecule has 0 saturated carbocycles. The average Bonchev–Trinajstić information content (AvgIpc) is 2.94. The van der Waals surface area contributed by atoms with E-state index in [-0.39, 0.29) is 11.2 Å². The maximum atomic E-state index is 13.6. The number of nitrogens with zero attached hydrogens (tertiary/aromatic N) is 1. The number of hydrogen-bond acceptors (Lipinski definition) is 3. The van der Waals surface area contributed by atoms with E-state index >= 15 is 0 Å². The van der Waals surface area contributed by atoms with Crippen molar-refractivity contribution in [3.63, 3.8) is 0 Å². The molecule has 1 aliphatic heterocycles. The van der Waals surface area contributed by atoms with Gasteiger partial charge in [-0.05, 0) is 30.7 Å². The van der Waals surface area contributed by atoms with Gasteiger partial charge in [0.25, 0.3) is 0 Å². The zero-order valence-electron chi connectivity index (χ0n) is 13.1. The van der Waals surface area contributed by atoms with Gasteiger partial charge in [-0.25, -0.2) is 9.38 Å². The first kappa shape index (κ1) is 17.5. The van der Waals surface area contributed by atoms with Gasteiger partial charge >= 0.3 is 6.18 Å². The van der Waals surface area contributed by atoms with E-state index in [9.17, 15) is 17.6 Å². The normalized spacial score (nSPS) is 18.0. The Morgan fingerprint density at radius 2 is 1.76 bits per heavy atom. The lowest BCUT2D eigenvalue weighted by Crippen LogP contribution is -2.11. The van der Waals surface area contributed by atoms with Crippen LogP contribution < -0.4 is 5.32 Å². The van der Waals surface area contributed by atoms with Crippen LogP contribution in [0.3, 0.4) is 0 Å². The summed E-state index contributed by atoms with van der Waals surface area (Å²) in [6.45, 7) is 1.82. The molecule has 25 heavy (non-hydrogen) atoms. The van der Waals surface area contributed by atoms with E-state index in [1.807, 2.05) is 6.92 Å². The fourth-order valence-corrected chi connectivity index (χ4v) is 3.42. The molecule has 0 radical (unpaired) electrons. The SMILES string of the molecule is CC1=C(N=Cc2ccccc2F)SC(c2ccc(C(F)(F)F)cc2)N1. The summed E-state index contributed by atoms with van der Waals surface area (Å²) < 4.78 is 51.5. The zero-order valence-corrected chi connectivity index (χ0v) is 14.0. The summed E-state index contributed by atoms with van der Waals surface area (Å²) in [6.07, 6.45) is -2.91. The summed E-state index contributed by atoms with van der Waals surface area (Å²) >= 11 is 1.38. The van der Waals surface area contributed by atoms with Gasteiger partial charge in [0.15, 0.2) is 0 Å². The molecule has 3 rings (SSSR count). The maximum absolute atomic E-state index is 13.6. The number of alkyl halides is 3. The van der Waals surface area contributed by atoms with Gasteiger partial charge in [-0.15, -0.1) is 0 Å². The molecule has 0 spiro atoms. The summed E-state index contributed by atoms with van der Waals surface area (Å²) in [6, 6.07) is 11.3. The van der Waals surface area contributed by atoms with E-state index in [1.165, 1.54) is 36.2 Å². The highest BCUT2D eigenvalue weighted by Crippen LogP contribution is 2.41. The average molecular weight is 366 g/mol. The lowest BCUT2D eigenvalue weighted by molar-refractivity contribution is -0.137. The smallest absolute Gasteiger partial charge is 0.371 e. The van der Waals surface area contributed by atoms with Gasteiger partial charge in [-0.3, -0.25) is 0 Å². The minimum atomic E-state index is -4.35. The zero-order chi connectivity index (χ0) is 18.0. The van der Waals surface area contributed by atoms with E-state index in [1.54, 1.807) is 18.2 Å². The summed E-state index contributed by atoms with van der Waals surface area (Å²) in [7, 11) is 0. The highest BCUT2D eigenvalue weighted by atomic mass is 32.2. The Balaban J connectivity index is 1.72. The van der Waals surface area contributed by atoms with Crippen molar-refractivity contribution in [1.29, 1.82) is 0 Å². The Hall–Kier alpha value is -2.28. The predicted octanol–water partition coefficient (Wildman–Crippen LogP) is 5.49. The van der Waals surface area contributed by atoms with Crippen molar-refractivity contribution in [2.75, 3.05) is 0 Å². The van der Waals surface area contributed by atoms with E-state index in [0.717, 1.165) is 17.8 Å². The van der Waals surface area contributed by atoms with E-state index in [0.29, 0.717) is 16.2 Å². The Kier molecular flexibility index (Phi) is 4.85. The number of benzene rings is 2. The summed E-state index contributed by atoms with van der Waals surface area (Å²) in [5.74, 6) is -0.361. The molecule has 1 aliphatic rings. The highest BCUT2D eigenvalue weighted by Gasteiger charge is 2.31. The number of halogens is 4. The second-order valence-corrected chi connectivity index (χ2v) is 6.57. The molecule has 1 heterocycles. The number of nitrogens with one attached hydrogen (secondary N) is 1. The van der Waals surface area contributed by atoms with Crippen LogP contribution in [0.4, 0.5) is 17.6 Å². The van der Waals surface area contributed by atoms with Crippen LogP contribution in [0.25, 0.3) is 0 Å². The van der Waals surface area contributed by atoms with E-state index < -0.39 is 11.7 Å². The van der Waals surface area contributed by atoms with Gasteiger partial charge in [-0.2, -0.15) is 13.2 Å². The van der Waals surface area contributed by atoms with Gasteiger partial charge in [0, 0.05) is 17.5 Å². The summed E-state index contributed by atoms with van der Waals surface area (Å²) in [4.78, 5) is 4.30. The van der Waals surface area contributed by atoms with Gasteiger partial charge in [0.1, 0.15) is 16.2 Å². The van der Waals surface area contributed by atoms with E-state index in [2.05, 4.69) is 10.3 Å². The fourth-order valence-electron chi connectivity index (χ4n) is 2.32. The molecule has 1 unspecified atom stereocenters. The van der Waals surface area contributed by atoms with Crippen LogP contribution in [0, 0.1) is 5.82 Å². The van der Waals surface area contributed by atoms with Crippen molar-refractivity contribution in [3.8, 4) is 0 Å². The van der Waals surface area contributed by atoms with Crippen LogP contribution >= 0.6 is 11.8 Å². The van der Waals surface area contributed by atoms with Crippen LogP contribution in [0.5, 0.6) is 0 Å². The van der Waals surface area contributed by atoms with Crippen LogP contribution in [-0.2, 0) is 6.18 Å². The molecule has 0 bridgehead atoms. The first-order chi connectivity index (χ1) is 11.8. The largest absolute Gasteiger partial charge is 0.416 e. The Bertz CT molecular complexity index is 826. The monoisotopic (exact) mass is 366 g/mol. The molecule has 2 aromatic rings. The minimum Gasteiger partial charge on any atom is -0.371 e. The molecular formula is C18H14F4N2S. The number of thioether (sulfide) groups is 1. The molecule has 130 valence electrons. The third-order valence-corrected chi connectivity index (χ3v) is 4.93. The Morgan fingerprint density at radius 1 is 1.08 bits per heavy atom. The number of rotatable bonds is 3. The first-order valence-corrected chi connectivity index (χ1v) is 8.32. The van der Waals surface area contributed by atoms with E-state index in [4.69, 9.17) is 0 Å². The molecular weight excluding hydrogens is 352 g/mol. The molecule has 2 nitrogen and oxygen atoms in total. The molecule has 0 amide bonds. The second kappa shape index (κ2) is 6.92. The topological polar surface area (TPSA) is 24.4 Å². The Morgan fingerprint density at radius 3 is 2.40 bits per heavy atom. The summed E-state index contributed by atoms with van der Waals surface area (Å²) in [5, 5.41) is 3.63. The van der Waals surface area contributed by atoms with Gasteiger partial charge in [0.2, 0.25) is 0 Å². The van der Waals surface area contributed by atoms with Crippen molar-refractivity contribution in [2.24, 2.45) is 4.99 Å². The maximum Gasteiger partial charge on any atom is 0.416 e. The quantitative estimate of drug-likeness (QED) is 0.574. The van der Waals surface area contributed by atoms with Gasteiger partial charge < -0.3 is 5.32 Å². The molecule has 0 fully saturated rings. The molecule has 2 aromatic carbocycles. The van der Waals surface area contributed by atoms with Crippen LogP contribution in [0.2, 0.25) is 0 Å². The predicted molar refractivity (Wildman–Crippen MR) is 91.6 cm³/mol. The lowest BCUT2D eigenvalue weighted by atomic mass is 10.1. The highest BCUT2D eigenvalue weighted by molar-refractivity contribution is 8.03. The van der Waals surface area contributed by atoms with Crippen molar-refractivity contribution >= 4 is 18.0 Å². The number of allylic oxidation sites excluding steroid dienone is 1. The first-order valence-electron chi connectivity index (χ1n) is 7.44.